The van der Waals surface area contributed by atoms with Crippen LogP contribution in [0, 0.1) is 0 Å². The molecule has 0 amide bonds. The summed E-state index contributed by atoms with van der Waals surface area (Å²) in [5, 5.41) is 1.50. The minimum absolute atomic E-state index is 0.639. The molecular weight excluding hydrogens is 272 g/mol. The molecule has 0 aromatic carbocycles. The van der Waals surface area contributed by atoms with Gasteiger partial charge in [0, 0.05) is 22.0 Å². The van der Waals surface area contributed by atoms with Gasteiger partial charge in [-0.05, 0) is 0 Å². The summed E-state index contributed by atoms with van der Waals surface area (Å²) in [5.74, 6) is 2.52. The van der Waals surface area contributed by atoms with Crippen LogP contribution in [0.3, 0.4) is 0 Å². The summed E-state index contributed by atoms with van der Waals surface area (Å²) in [7, 11) is 0. The van der Waals surface area contributed by atoms with E-state index in [0.717, 1.165) is 23.7 Å². The smallest absolute Gasteiger partial charge is 0.0701 e. The Labute approximate surface area is 117 Å². The highest BCUT2D eigenvalue weighted by molar-refractivity contribution is 8.07. The van der Waals surface area contributed by atoms with Gasteiger partial charge in [-0.3, -0.25) is 0 Å². The average molecular weight is 294 g/mol. The molecule has 2 aliphatic heterocycles. The lowest BCUT2D eigenvalue weighted by atomic mass is 10.5. The van der Waals surface area contributed by atoms with Gasteiger partial charge in [0.1, 0.15) is 0 Å². The quantitative estimate of drug-likeness (QED) is 0.376. The van der Waals surface area contributed by atoms with E-state index in [1.54, 1.807) is 0 Å². The summed E-state index contributed by atoms with van der Waals surface area (Å²) in [6.07, 6.45) is 0. The van der Waals surface area contributed by atoms with Crippen molar-refractivity contribution in [2.24, 2.45) is 0 Å². The molecule has 2 heterocycles. The first-order valence-electron chi connectivity index (χ1n) is 6.49. The van der Waals surface area contributed by atoms with Crippen LogP contribution in [0.1, 0.15) is 0 Å². The largest absolute Gasteiger partial charge is 0.378 e. The lowest BCUT2D eigenvalue weighted by Gasteiger charge is -2.06. The summed E-state index contributed by atoms with van der Waals surface area (Å²) in [5.41, 5.74) is 0. The number of rotatable bonds is 13. The van der Waals surface area contributed by atoms with Gasteiger partial charge in [0.2, 0.25) is 0 Å². The zero-order chi connectivity index (χ0) is 12.5. The van der Waals surface area contributed by atoms with E-state index in [9.17, 15) is 0 Å². The highest BCUT2D eigenvalue weighted by atomic mass is 32.2. The van der Waals surface area contributed by atoms with Crippen LogP contribution in [0.5, 0.6) is 0 Å². The van der Waals surface area contributed by atoms with Crippen molar-refractivity contribution in [3.05, 3.63) is 0 Å². The highest BCUT2D eigenvalue weighted by Gasteiger charge is 2.22. The normalized spacial score (nSPS) is 25.3. The van der Waals surface area contributed by atoms with Crippen molar-refractivity contribution in [2.45, 2.75) is 10.5 Å². The standard InChI is InChI=1S/C12H22O4S2/c1(13-3-5-15-7-11-9-17-11)2-14-4-6-16-8-12-10-18-12/h11-12H,1-10H2. The molecule has 2 rings (SSSR count). The second-order valence-corrected chi connectivity index (χ2v) is 6.95. The fraction of sp³-hybridized carbons (Fsp3) is 1.00. The van der Waals surface area contributed by atoms with E-state index in [1.165, 1.54) is 11.5 Å². The molecule has 0 bridgehead atoms. The Hall–Kier alpha value is 0.540. The van der Waals surface area contributed by atoms with Crippen molar-refractivity contribution in [1.82, 2.24) is 0 Å². The maximum absolute atomic E-state index is 5.44. The minimum atomic E-state index is 0.639. The first kappa shape index (κ1) is 14.9. The van der Waals surface area contributed by atoms with E-state index in [1.807, 2.05) is 23.5 Å². The number of hydrogen-bond acceptors (Lipinski definition) is 6. The first-order valence-corrected chi connectivity index (χ1v) is 8.59. The zero-order valence-electron chi connectivity index (χ0n) is 10.7. The van der Waals surface area contributed by atoms with Crippen LogP contribution in [0.25, 0.3) is 0 Å². The molecule has 0 aliphatic carbocycles. The molecule has 106 valence electrons. The average Bonchev–Trinajstić information content (AvgIpc) is 3.25. The summed E-state index contributed by atoms with van der Waals surface area (Å²) in [4.78, 5) is 0. The predicted octanol–water partition coefficient (Wildman–Crippen LogP) is 1.28. The highest BCUT2D eigenvalue weighted by Crippen LogP contribution is 2.30. The van der Waals surface area contributed by atoms with Crippen LogP contribution in [-0.2, 0) is 18.9 Å². The summed E-state index contributed by atoms with van der Waals surface area (Å²) >= 11 is 3.91. The maximum Gasteiger partial charge on any atom is 0.0701 e. The van der Waals surface area contributed by atoms with Crippen LogP contribution < -0.4 is 0 Å². The van der Waals surface area contributed by atoms with Crippen molar-refractivity contribution in [2.75, 3.05) is 64.4 Å². The Morgan fingerprint density at radius 3 is 1.28 bits per heavy atom. The minimum Gasteiger partial charge on any atom is -0.378 e. The van der Waals surface area contributed by atoms with Crippen LogP contribution >= 0.6 is 23.5 Å². The molecule has 2 atom stereocenters. The molecule has 0 N–H and O–H groups in total. The molecular formula is C12H22O4S2. The summed E-state index contributed by atoms with van der Waals surface area (Å²) in [6, 6.07) is 0. The summed E-state index contributed by atoms with van der Waals surface area (Å²) < 4.78 is 21.7. The zero-order valence-corrected chi connectivity index (χ0v) is 12.3. The van der Waals surface area contributed by atoms with E-state index >= 15 is 0 Å². The van der Waals surface area contributed by atoms with Crippen LogP contribution in [0.15, 0.2) is 0 Å². The second kappa shape index (κ2) is 9.44. The monoisotopic (exact) mass is 294 g/mol. The molecule has 0 radical (unpaired) electrons. The molecule has 0 aromatic heterocycles. The first-order chi connectivity index (χ1) is 8.95. The Bertz CT molecular complexity index is 188. The lowest BCUT2D eigenvalue weighted by Crippen LogP contribution is -2.13. The van der Waals surface area contributed by atoms with Gasteiger partial charge >= 0.3 is 0 Å². The number of thioether (sulfide) groups is 2. The van der Waals surface area contributed by atoms with Crippen molar-refractivity contribution >= 4 is 23.5 Å². The maximum atomic E-state index is 5.44. The van der Waals surface area contributed by atoms with Crippen LogP contribution in [-0.4, -0.2) is 74.9 Å². The lowest BCUT2D eigenvalue weighted by molar-refractivity contribution is -0.000148. The molecule has 4 nitrogen and oxygen atoms in total. The molecule has 2 aliphatic rings. The van der Waals surface area contributed by atoms with Gasteiger partial charge < -0.3 is 18.9 Å². The van der Waals surface area contributed by atoms with Crippen molar-refractivity contribution < 1.29 is 18.9 Å². The van der Waals surface area contributed by atoms with Gasteiger partial charge in [-0.15, -0.1) is 0 Å². The van der Waals surface area contributed by atoms with Crippen molar-refractivity contribution in [1.29, 1.82) is 0 Å². The van der Waals surface area contributed by atoms with Gasteiger partial charge in [-0.1, -0.05) is 0 Å². The number of hydrogen-bond donors (Lipinski definition) is 0. The van der Waals surface area contributed by atoms with Crippen LogP contribution in [0.2, 0.25) is 0 Å². The fourth-order valence-corrected chi connectivity index (χ4v) is 2.17. The van der Waals surface area contributed by atoms with E-state index in [-0.39, 0.29) is 0 Å². The Balaban J connectivity index is 1.19. The second-order valence-electron chi connectivity index (χ2n) is 4.29. The van der Waals surface area contributed by atoms with E-state index in [4.69, 9.17) is 18.9 Å². The van der Waals surface area contributed by atoms with Gasteiger partial charge in [-0.2, -0.15) is 23.5 Å². The third-order valence-corrected chi connectivity index (χ3v) is 4.41. The van der Waals surface area contributed by atoms with Crippen LogP contribution in [0.4, 0.5) is 0 Å². The van der Waals surface area contributed by atoms with E-state index in [0.29, 0.717) is 39.6 Å². The van der Waals surface area contributed by atoms with Crippen molar-refractivity contribution in [3.63, 3.8) is 0 Å². The third kappa shape index (κ3) is 8.61. The topological polar surface area (TPSA) is 36.9 Å². The molecule has 2 saturated heterocycles. The van der Waals surface area contributed by atoms with Gasteiger partial charge in [-0.25, -0.2) is 0 Å². The Kier molecular flexibility index (Phi) is 7.84. The SMILES string of the molecule is C(COCCOCC1CS1)OCCOCC1CS1. The van der Waals surface area contributed by atoms with E-state index < -0.39 is 0 Å². The Morgan fingerprint density at radius 1 is 0.611 bits per heavy atom. The van der Waals surface area contributed by atoms with E-state index in [2.05, 4.69) is 0 Å². The molecule has 0 saturated carbocycles. The summed E-state index contributed by atoms with van der Waals surface area (Å²) in [6.45, 7) is 5.74. The fourth-order valence-electron chi connectivity index (χ4n) is 1.32. The molecule has 0 aromatic rings. The number of ether oxygens (including phenoxy) is 4. The third-order valence-electron chi connectivity index (χ3n) is 2.53. The molecule has 18 heavy (non-hydrogen) atoms. The predicted molar refractivity (Wildman–Crippen MR) is 75.8 cm³/mol. The Morgan fingerprint density at radius 2 is 0.944 bits per heavy atom. The van der Waals surface area contributed by atoms with Gasteiger partial charge in [0.05, 0.1) is 52.9 Å². The van der Waals surface area contributed by atoms with Crippen molar-refractivity contribution in [3.8, 4) is 0 Å². The molecule has 0 spiro atoms. The van der Waals surface area contributed by atoms with Gasteiger partial charge in [0.25, 0.3) is 0 Å². The molecule has 2 fully saturated rings. The molecule has 2 unspecified atom stereocenters. The molecule has 6 heteroatoms. The van der Waals surface area contributed by atoms with Gasteiger partial charge in [0.15, 0.2) is 0 Å².